The molecule has 1 aliphatic carbocycles. The maximum Gasteiger partial charge on any atom is 0.314 e. The summed E-state index contributed by atoms with van der Waals surface area (Å²) in [5, 5.41) is 3.90. The summed E-state index contributed by atoms with van der Waals surface area (Å²) in [6, 6.07) is 3.65. The third-order valence-electron chi connectivity index (χ3n) is 3.86. The van der Waals surface area contributed by atoms with Gasteiger partial charge in [0.05, 0.1) is 6.61 Å². The third-order valence-corrected chi connectivity index (χ3v) is 4.97. The van der Waals surface area contributed by atoms with Gasteiger partial charge in [0.1, 0.15) is 9.75 Å². The van der Waals surface area contributed by atoms with Crippen LogP contribution in [0.25, 0.3) is 11.4 Å². The first-order valence-electron chi connectivity index (χ1n) is 7.20. The Morgan fingerprint density at radius 1 is 1.48 bits per heavy atom. The summed E-state index contributed by atoms with van der Waals surface area (Å²) in [5.74, 6) is 0.607. The van der Waals surface area contributed by atoms with Crippen molar-refractivity contribution in [3.8, 4) is 11.4 Å². The van der Waals surface area contributed by atoms with Crippen molar-refractivity contribution in [2.75, 3.05) is 6.61 Å². The zero-order valence-electron chi connectivity index (χ0n) is 12.5. The van der Waals surface area contributed by atoms with Gasteiger partial charge in [0, 0.05) is 30.8 Å². The molecular weight excluding hydrogens is 341 g/mol. The van der Waals surface area contributed by atoms with Crippen LogP contribution in [0.1, 0.15) is 25.7 Å². The van der Waals surface area contributed by atoms with Crippen LogP contribution < -0.4 is 0 Å². The number of halogens is 2. The lowest BCUT2D eigenvalue weighted by Gasteiger charge is -2.11. The van der Waals surface area contributed by atoms with Gasteiger partial charge in [-0.15, -0.1) is 23.2 Å². The molecule has 1 saturated carbocycles. The Balaban J connectivity index is 1.45. The van der Waals surface area contributed by atoms with Crippen molar-refractivity contribution in [1.82, 2.24) is 15.1 Å². The van der Waals surface area contributed by atoms with E-state index < -0.39 is 9.75 Å². The monoisotopic (exact) mass is 355 g/mol. The van der Waals surface area contributed by atoms with Crippen molar-refractivity contribution in [2.24, 2.45) is 5.41 Å². The molecule has 1 unspecified atom stereocenters. The lowest BCUT2D eigenvalue weighted by Crippen LogP contribution is -2.21. The summed E-state index contributed by atoms with van der Waals surface area (Å²) in [7, 11) is 0. The number of carbonyl (C=O) groups is 1. The van der Waals surface area contributed by atoms with Gasteiger partial charge in [0.25, 0.3) is 0 Å². The topological polar surface area (TPSA) is 78.1 Å². The number of aryl methyl sites for hydroxylation is 1. The number of alkyl halides is 2. The minimum atomic E-state index is -1.00. The fraction of sp³-hybridized carbons (Fsp3) is 0.467. The van der Waals surface area contributed by atoms with Crippen molar-refractivity contribution in [3.63, 3.8) is 0 Å². The molecule has 23 heavy (non-hydrogen) atoms. The van der Waals surface area contributed by atoms with Crippen LogP contribution in [0, 0.1) is 5.41 Å². The average Bonchev–Trinajstić information content (AvgIpc) is 2.90. The van der Waals surface area contributed by atoms with Gasteiger partial charge < -0.3 is 9.26 Å². The molecule has 0 N–H and O–H groups in total. The highest BCUT2D eigenvalue weighted by molar-refractivity contribution is 6.53. The molecule has 1 fully saturated rings. The molecule has 2 aromatic heterocycles. The van der Waals surface area contributed by atoms with Gasteiger partial charge in [-0.05, 0) is 25.5 Å². The predicted octanol–water partition coefficient (Wildman–Crippen LogP) is 3.19. The molecule has 122 valence electrons. The summed E-state index contributed by atoms with van der Waals surface area (Å²) >= 11 is 11.9. The summed E-state index contributed by atoms with van der Waals surface area (Å²) in [6.45, 7) is 1.95. The van der Waals surface area contributed by atoms with E-state index in [1.54, 1.807) is 25.4 Å². The van der Waals surface area contributed by atoms with E-state index in [9.17, 15) is 4.79 Å². The average molecular weight is 356 g/mol. The Labute approximate surface area is 143 Å². The number of hydrogen-bond acceptors (Lipinski definition) is 6. The Hall–Kier alpha value is -1.66. The van der Waals surface area contributed by atoms with Gasteiger partial charge in [0.15, 0.2) is 0 Å². The summed E-state index contributed by atoms with van der Waals surface area (Å²) in [6.07, 6.45) is 4.85. The molecule has 0 radical (unpaired) electrons. The normalized spacial score (nSPS) is 21.9. The van der Waals surface area contributed by atoms with Crippen molar-refractivity contribution < 1.29 is 14.1 Å². The van der Waals surface area contributed by atoms with E-state index in [0.29, 0.717) is 31.0 Å². The van der Waals surface area contributed by atoms with Gasteiger partial charge in [0.2, 0.25) is 11.7 Å². The van der Waals surface area contributed by atoms with E-state index in [-0.39, 0.29) is 12.6 Å². The van der Waals surface area contributed by atoms with Gasteiger partial charge in [-0.2, -0.15) is 4.98 Å². The van der Waals surface area contributed by atoms with Crippen LogP contribution in [0.4, 0.5) is 0 Å². The van der Waals surface area contributed by atoms with E-state index in [1.165, 1.54) is 0 Å². The second-order valence-electron chi connectivity index (χ2n) is 5.71. The molecule has 6 nitrogen and oxygen atoms in total. The maximum atomic E-state index is 11.9. The first-order chi connectivity index (χ1) is 10.9. The lowest BCUT2D eigenvalue weighted by atomic mass is 10.1. The van der Waals surface area contributed by atoms with E-state index in [2.05, 4.69) is 15.1 Å². The molecular formula is C15H15Cl2N3O3. The van der Waals surface area contributed by atoms with Crippen LogP contribution in [0.2, 0.25) is 0 Å². The Bertz CT molecular complexity index is 705. The zero-order chi connectivity index (χ0) is 16.5. The molecule has 0 aliphatic heterocycles. The Morgan fingerprint density at radius 3 is 2.91 bits per heavy atom. The van der Waals surface area contributed by atoms with E-state index in [0.717, 1.165) is 5.56 Å². The molecule has 1 aliphatic rings. The standard InChI is InChI=1S/C15H15Cl2N3O3/c1-14(9-15(14,16)17)13(21)22-7-3-5-11-19-12(20-23-11)10-4-2-6-18-8-10/h2,4,6,8H,3,5,7,9H2,1H3. The number of esters is 1. The van der Waals surface area contributed by atoms with Crippen LogP contribution >= 0.6 is 23.2 Å². The Kier molecular flexibility index (Phi) is 4.29. The molecule has 3 rings (SSSR count). The highest BCUT2D eigenvalue weighted by atomic mass is 35.5. The first-order valence-corrected chi connectivity index (χ1v) is 7.96. The fourth-order valence-electron chi connectivity index (χ4n) is 2.14. The molecule has 0 bridgehead atoms. The highest BCUT2D eigenvalue weighted by Gasteiger charge is 2.69. The molecule has 0 saturated heterocycles. The largest absolute Gasteiger partial charge is 0.465 e. The molecule has 2 heterocycles. The zero-order valence-corrected chi connectivity index (χ0v) is 14.0. The van der Waals surface area contributed by atoms with Gasteiger partial charge in [-0.3, -0.25) is 9.78 Å². The quantitative estimate of drug-likeness (QED) is 0.449. The summed E-state index contributed by atoms with van der Waals surface area (Å²) < 4.78 is 9.37. The van der Waals surface area contributed by atoms with Crippen molar-refractivity contribution >= 4 is 29.2 Å². The number of nitrogens with zero attached hydrogens (tertiary/aromatic N) is 3. The Morgan fingerprint density at radius 2 is 2.26 bits per heavy atom. The van der Waals surface area contributed by atoms with E-state index in [1.807, 2.05) is 6.07 Å². The molecule has 0 spiro atoms. The smallest absolute Gasteiger partial charge is 0.314 e. The summed E-state index contributed by atoms with van der Waals surface area (Å²) in [4.78, 5) is 20.2. The maximum absolute atomic E-state index is 11.9. The van der Waals surface area contributed by atoms with Crippen molar-refractivity contribution in [1.29, 1.82) is 0 Å². The number of ether oxygens (including phenoxy) is 1. The minimum Gasteiger partial charge on any atom is -0.465 e. The van der Waals surface area contributed by atoms with Crippen LogP contribution in [0.5, 0.6) is 0 Å². The van der Waals surface area contributed by atoms with Crippen LogP contribution in [-0.4, -0.2) is 32.0 Å². The van der Waals surface area contributed by atoms with E-state index in [4.69, 9.17) is 32.5 Å². The SMILES string of the molecule is CC1(C(=O)OCCCc2nc(-c3cccnc3)no2)CC1(Cl)Cl. The van der Waals surface area contributed by atoms with E-state index >= 15 is 0 Å². The second-order valence-corrected chi connectivity index (χ2v) is 7.19. The molecule has 0 aromatic carbocycles. The number of pyridine rings is 1. The molecule has 8 heteroatoms. The minimum absolute atomic E-state index is 0.253. The van der Waals surface area contributed by atoms with Crippen LogP contribution in [-0.2, 0) is 16.0 Å². The van der Waals surface area contributed by atoms with Gasteiger partial charge >= 0.3 is 5.97 Å². The number of hydrogen-bond donors (Lipinski definition) is 0. The fourth-order valence-corrected chi connectivity index (χ4v) is 2.83. The van der Waals surface area contributed by atoms with Crippen molar-refractivity contribution in [3.05, 3.63) is 30.4 Å². The van der Waals surface area contributed by atoms with Gasteiger partial charge in [-0.25, -0.2) is 0 Å². The van der Waals surface area contributed by atoms with Crippen molar-refractivity contribution in [2.45, 2.75) is 30.5 Å². The molecule has 2 aromatic rings. The van der Waals surface area contributed by atoms with Crippen LogP contribution in [0.3, 0.4) is 0 Å². The molecule has 0 amide bonds. The number of carbonyl (C=O) groups excluding carboxylic acids is 1. The van der Waals surface area contributed by atoms with Gasteiger partial charge in [-0.1, -0.05) is 5.16 Å². The van der Waals surface area contributed by atoms with Crippen LogP contribution in [0.15, 0.2) is 29.0 Å². The lowest BCUT2D eigenvalue weighted by molar-refractivity contribution is -0.149. The molecule has 1 atom stereocenters. The number of rotatable bonds is 6. The number of aromatic nitrogens is 3. The first kappa shape index (κ1) is 16.2. The predicted molar refractivity (Wildman–Crippen MR) is 84.0 cm³/mol. The summed E-state index contributed by atoms with van der Waals surface area (Å²) in [5.41, 5.74) is -0.00944. The highest BCUT2D eigenvalue weighted by Crippen LogP contribution is 2.64. The third kappa shape index (κ3) is 3.33. The second kappa shape index (κ2) is 6.09.